The SMILES string of the molecule is CCOC(=N)CC1CCCCC1.Cl.Cn1nc(CC2CCCCC2)n(Cc2ccnc(C(F)(F)F)c2)c1=O. The summed E-state index contributed by atoms with van der Waals surface area (Å²) in [7, 11) is 1.57. The van der Waals surface area contributed by atoms with Crippen molar-refractivity contribution in [2.45, 2.75) is 96.7 Å². The van der Waals surface area contributed by atoms with Gasteiger partial charge in [-0.1, -0.05) is 51.4 Å². The van der Waals surface area contributed by atoms with Crippen molar-refractivity contribution in [3.05, 3.63) is 45.9 Å². The Morgan fingerprint density at radius 3 is 2.26 bits per heavy atom. The molecule has 0 radical (unpaired) electrons. The molecule has 2 saturated carbocycles. The minimum Gasteiger partial charge on any atom is -0.481 e. The van der Waals surface area contributed by atoms with Gasteiger partial charge < -0.3 is 4.74 Å². The third kappa shape index (κ3) is 9.75. The number of hydrogen-bond acceptors (Lipinski definition) is 5. The molecular formula is C27H41ClF3N5O2. The van der Waals surface area contributed by atoms with Crippen molar-refractivity contribution in [3.8, 4) is 0 Å². The van der Waals surface area contributed by atoms with Crippen molar-refractivity contribution >= 4 is 18.3 Å². The number of hydrogen-bond donors (Lipinski definition) is 1. The van der Waals surface area contributed by atoms with Gasteiger partial charge in [0.05, 0.1) is 13.2 Å². The maximum atomic E-state index is 12.8. The topological polar surface area (TPSA) is 85.8 Å². The Kier molecular flexibility index (Phi) is 12.8. The number of halogens is 4. The molecule has 7 nitrogen and oxygen atoms in total. The highest BCUT2D eigenvalue weighted by Gasteiger charge is 2.32. The number of nitrogens with zero attached hydrogens (tertiary/aromatic N) is 4. The van der Waals surface area contributed by atoms with Crippen LogP contribution in [0.1, 0.15) is 94.6 Å². The molecule has 0 bridgehead atoms. The van der Waals surface area contributed by atoms with Gasteiger partial charge in [0, 0.05) is 26.1 Å². The monoisotopic (exact) mass is 559 g/mol. The van der Waals surface area contributed by atoms with Crippen molar-refractivity contribution < 1.29 is 17.9 Å². The minimum absolute atomic E-state index is 0. The smallest absolute Gasteiger partial charge is 0.433 e. The Morgan fingerprint density at radius 1 is 1.08 bits per heavy atom. The highest BCUT2D eigenvalue weighted by Crippen LogP contribution is 2.29. The summed E-state index contributed by atoms with van der Waals surface area (Å²) in [5.74, 6) is 2.35. The summed E-state index contributed by atoms with van der Waals surface area (Å²) in [5, 5.41) is 11.8. The number of ether oxygens (including phenoxy) is 1. The lowest BCUT2D eigenvalue weighted by molar-refractivity contribution is -0.141. The van der Waals surface area contributed by atoms with Crippen LogP contribution in [0.5, 0.6) is 0 Å². The van der Waals surface area contributed by atoms with E-state index in [0.717, 1.165) is 37.4 Å². The molecule has 11 heteroatoms. The maximum absolute atomic E-state index is 12.8. The summed E-state index contributed by atoms with van der Waals surface area (Å²) < 4.78 is 46.4. The van der Waals surface area contributed by atoms with E-state index in [1.807, 2.05) is 6.92 Å². The van der Waals surface area contributed by atoms with Gasteiger partial charge in [-0.15, -0.1) is 12.4 Å². The van der Waals surface area contributed by atoms with E-state index in [2.05, 4.69) is 10.1 Å². The molecule has 214 valence electrons. The molecule has 1 N–H and O–H groups in total. The van der Waals surface area contributed by atoms with E-state index < -0.39 is 11.9 Å². The Balaban J connectivity index is 0.000000330. The number of aromatic nitrogens is 4. The van der Waals surface area contributed by atoms with Crippen LogP contribution in [0.3, 0.4) is 0 Å². The highest BCUT2D eigenvalue weighted by molar-refractivity contribution is 5.85. The van der Waals surface area contributed by atoms with E-state index >= 15 is 0 Å². The van der Waals surface area contributed by atoms with Crippen molar-refractivity contribution in [3.63, 3.8) is 0 Å². The number of alkyl halides is 3. The molecule has 0 spiro atoms. The van der Waals surface area contributed by atoms with Gasteiger partial charge in [-0.3, -0.25) is 15.0 Å². The van der Waals surface area contributed by atoms with Gasteiger partial charge in [0.2, 0.25) is 0 Å². The van der Waals surface area contributed by atoms with Crippen LogP contribution in [0.2, 0.25) is 0 Å². The predicted molar refractivity (Wildman–Crippen MR) is 144 cm³/mol. The number of rotatable bonds is 7. The van der Waals surface area contributed by atoms with Gasteiger partial charge in [-0.25, -0.2) is 9.48 Å². The average Bonchev–Trinajstić information content (AvgIpc) is 3.13. The highest BCUT2D eigenvalue weighted by atomic mass is 35.5. The number of nitrogens with one attached hydrogen (secondary N) is 1. The molecule has 0 aromatic carbocycles. The zero-order valence-electron chi connectivity index (χ0n) is 22.4. The van der Waals surface area contributed by atoms with E-state index in [9.17, 15) is 18.0 Å². The van der Waals surface area contributed by atoms with Gasteiger partial charge in [0.15, 0.2) is 5.90 Å². The molecule has 2 aliphatic rings. The second kappa shape index (κ2) is 15.3. The molecule has 2 fully saturated rings. The normalized spacial score (nSPS) is 16.8. The lowest BCUT2D eigenvalue weighted by atomic mass is 9.87. The summed E-state index contributed by atoms with van der Waals surface area (Å²) in [6.07, 6.45) is 10.7. The quantitative estimate of drug-likeness (QED) is 0.307. The van der Waals surface area contributed by atoms with Gasteiger partial charge >= 0.3 is 11.9 Å². The van der Waals surface area contributed by atoms with Crippen LogP contribution in [-0.2, 0) is 30.9 Å². The zero-order valence-corrected chi connectivity index (χ0v) is 23.3. The molecule has 0 unspecified atom stereocenters. The van der Waals surface area contributed by atoms with Crippen molar-refractivity contribution in [1.29, 1.82) is 5.41 Å². The summed E-state index contributed by atoms with van der Waals surface area (Å²) in [6.45, 7) is 2.65. The Labute approximate surface area is 229 Å². The first-order valence-electron chi connectivity index (χ1n) is 13.5. The molecule has 0 atom stereocenters. The van der Waals surface area contributed by atoms with Gasteiger partial charge in [-0.2, -0.15) is 18.3 Å². The standard InChI is InChI=1S/C17H21F3N4O.C10H19NO.ClH/c1-23-16(25)24(15(22-23)10-12-5-3-2-4-6-12)11-13-7-8-21-14(9-13)17(18,19)20;1-2-12-10(11)8-9-6-4-3-5-7-9;/h7-9,12H,2-6,10-11H2,1H3;9,11H,2-8H2,1H3;1H. The fourth-order valence-electron chi connectivity index (χ4n) is 5.31. The first kappa shape index (κ1) is 31.9. The molecule has 0 amide bonds. The summed E-state index contributed by atoms with van der Waals surface area (Å²) >= 11 is 0. The number of aryl methyl sites for hydroxylation is 1. The second-order valence-electron chi connectivity index (χ2n) is 10.2. The van der Waals surface area contributed by atoms with E-state index in [0.29, 0.717) is 36.2 Å². The molecule has 0 saturated heterocycles. The summed E-state index contributed by atoms with van der Waals surface area (Å²) in [5.41, 5.74) is -0.866. The van der Waals surface area contributed by atoms with Crippen LogP contribution < -0.4 is 5.69 Å². The molecule has 2 aliphatic carbocycles. The van der Waals surface area contributed by atoms with Crippen LogP contribution in [0.4, 0.5) is 13.2 Å². The van der Waals surface area contributed by atoms with Crippen molar-refractivity contribution in [1.82, 2.24) is 19.3 Å². The molecule has 2 aromatic rings. The lowest BCUT2D eigenvalue weighted by Crippen LogP contribution is -2.25. The van der Waals surface area contributed by atoms with Crippen LogP contribution in [0.25, 0.3) is 0 Å². The summed E-state index contributed by atoms with van der Waals surface area (Å²) in [6, 6.07) is 2.49. The molecular weight excluding hydrogens is 519 g/mol. The Hall–Kier alpha value is -2.36. The first-order valence-corrected chi connectivity index (χ1v) is 13.5. The lowest BCUT2D eigenvalue weighted by Gasteiger charge is -2.21. The Morgan fingerprint density at radius 2 is 1.68 bits per heavy atom. The second-order valence-corrected chi connectivity index (χ2v) is 10.2. The van der Waals surface area contributed by atoms with Crippen molar-refractivity contribution in [2.75, 3.05) is 6.61 Å². The van der Waals surface area contributed by atoms with Crippen LogP contribution in [0.15, 0.2) is 23.1 Å². The molecule has 0 aliphatic heterocycles. The van der Waals surface area contributed by atoms with Crippen LogP contribution in [-0.4, -0.2) is 31.8 Å². The first-order chi connectivity index (χ1) is 17.7. The third-order valence-corrected chi connectivity index (χ3v) is 7.25. The van der Waals surface area contributed by atoms with Gasteiger partial charge in [0.1, 0.15) is 11.5 Å². The summed E-state index contributed by atoms with van der Waals surface area (Å²) in [4.78, 5) is 15.7. The molecule has 38 heavy (non-hydrogen) atoms. The zero-order chi connectivity index (χ0) is 26.8. The van der Waals surface area contributed by atoms with Gasteiger partial charge in [-0.05, 0) is 49.3 Å². The van der Waals surface area contributed by atoms with E-state index in [4.69, 9.17) is 10.1 Å². The van der Waals surface area contributed by atoms with Crippen LogP contribution in [0, 0.1) is 17.2 Å². The fourth-order valence-corrected chi connectivity index (χ4v) is 5.31. The number of pyridine rings is 1. The maximum Gasteiger partial charge on any atom is 0.433 e. The minimum atomic E-state index is -4.50. The molecule has 2 aromatic heterocycles. The third-order valence-electron chi connectivity index (χ3n) is 7.25. The van der Waals surface area contributed by atoms with Crippen LogP contribution >= 0.6 is 12.4 Å². The largest absolute Gasteiger partial charge is 0.481 e. The molecule has 2 heterocycles. The predicted octanol–water partition coefficient (Wildman–Crippen LogP) is 6.56. The van der Waals surface area contributed by atoms with E-state index in [-0.39, 0.29) is 24.6 Å². The van der Waals surface area contributed by atoms with E-state index in [1.54, 1.807) is 7.05 Å². The van der Waals surface area contributed by atoms with Gasteiger partial charge in [0.25, 0.3) is 0 Å². The Bertz CT molecular complexity index is 1060. The molecule has 4 rings (SSSR count). The average molecular weight is 560 g/mol. The van der Waals surface area contributed by atoms with Crippen molar-refractivity contribution in [2.24, 2.45) is 18.9 Å². The van der Waals surface area contributed by atoms with E-state index in [1.165, 1.54) is 66.7 Å². The fraction of sp³-hybridized carbons (Fsp3) is 0.704.